The van der Waals surface area contributed by atoms with Crippen LogP contribution in [-0.4, -0.2) is 22.9 Å². The summed E-state index contributed by atoms with van der Waals surface area (Å²) in [6, 6.07) is 33.0. The molecule has 1 atom stereocenters. The lowest BCUT2D eigenvalue weighted by Crippen LogP contribution is -2.14. The topological polar surface area (TPSA) is 52.6 Å². The highest BCUT2D eigenvalue weighted by molar-refractivity contribution is 7.86. The highest BCUT2D eigenvalue weighted by Crippen LogP contribution is 2.34. The molecule has 4 aromatic rings. The summed E-state index contributed by atoms with van der Waals surface area (Å²) in [6.45, 7) is 2.43. The van der Waals surface area contributed by atoms with Crippen molar-refractivity contribution in [3.05, 3.63) is 125 Å². The van der Waals surface area contributed by atoms with Gasteiger partial charge in [0.2, 0.25) is 0 Å². The van der Waals surface area contributed by atoms with Crippen molar-refractivity contribution in [1.82, 2.24) is 0 Å². The number of rotatable bonds is 10. The fraction of sp³-hybridized carbons (Fsp3) is 0.172. The molecule has 0 spiro atoms. The van der Waals surface area contributed by atoms with Crippen LogP contribution in [0.4, 0.5) is 0 Å². The van der Waals surface area contributed by atoms with E-state index < -0.39 is 10.1 Å². The van der Waals surface area contributed by atoms with Gasteiger partial charge in [0.15, 0.2) is 0 Å². The summed E-state index contributed by atoms with van der Waals surface area (Å²) in [5.41, 5.74) is 5.29. The van der Waals surface area contributed by atoms with Crippen molar-refractivity contribution in [3.63, 3.8) is 0 Å². The van der Waals surface area contributed by atoms with Crippen molar-refractivity contribution >= 4 is 23.4 Å². The monoisotopic (exact) mass is 484 g/mol. The molecule has 0 fully saturated rings. The molecule has 0 heterocycles. The first kappa shape index (κ1) is 24.8. The predicted molar refractivity (Wildman–Crippen MR) is 143 cm³/mol. The van der Waals surface area contributed by atoms with Crippen LogP contribution >= 0.6 is 0 Å². The van der Waals surface area contributed by atoms with Gasteiger partial charge in [-0.2, -0.15) is 8.42 Å². The molecule has 0 amide bonds. The molecule has 35 heavy (non-hydrogen) atoms. The lowest BCUT2D eigenvalue weighted by molar-refractivity contribution is 0.292. The maximum atomic E-state index is 12.7. The van der Waals surface area contributed by atoms with Crippen LogP contribution in [0.15, 0.2) is 108 Å². The van der Waals surface area contributed by atoms with E-state index in [1.54, 1.807) is 24.3 Å². The van der Waals surface area contributed by atoms with E-state index in [2.05, 4.69) is 18.2 Å². The Morgan fingerprint density at radius 3 is 2.17 bits per heavy atom. The standard InChI is InChI=1S/C29H29BO4S/c1-22-12-15-26(16-13-22)35(31,32)34-19-18-27(24-10-6-3-7-11-24)28-20-25(30)14-17-29(28)33-21-23-8-4-2-5-9-23/h2-17,20,27H,18-19,21,30H2,1H3. The Kier molecular flexibility index (Phi) is 8.06. The number of aryl methyl sites for hydroxylation is 1. The number of hydrogen-bond donors (Lipinski definition) is 0. The zero-order valence-electron chi connectivity index (χ0n) is 20.1. The molecule has 0 aliphatic heterocycles. The number of benzene rings is 4. The molecule has 0 aromatic heterocycles. The molecule has 4 rings (SSSR count). The first-order chi connectivity index (χ1) is 16.9. The zero-order valence-corrected chi connectivity index (χ0v) is 20.9. The molecular weight excluding hydrogens is 455 g/mol. The Labute approximate surface area is 209 Å². The van der Waals surface area contributed by atoms with Crippen LogP contribution in [0.25, 0.3) is 0 Å². The lowest BCUT2D eigenvalue weighted by Gasteiger charge is -2.22. The third-order valence-corrected chi connectivity index (χ3v) is 7.26. The van der Waals surface area contributed by atoms with E-state index in [9.17, 15) is 8.42 Å². The van der Waals surface area contributed by atoms with Crippen molar-refractivity contribution in [2.24, 2.45) is 0 Å². The second-order valence-corrected chi connectivity index (χ2v) is 10.3. The molecule has 4 aromatic carbocycles. The summed E-state index contributed by atoms with van der Waals surface area (Å²) in [5.74, 6) is 0.699. The second-order valence-electron chi connectivity index (χ2n) is 8.66. The van der Waals surface area contributed by atoms with Crippen LogP contribution < -0.4 is 10.2 Å². The maximum Gasteiger partial charge on any atom is 0.296 e. The number of hydrogen-bond acceptors (Lipinski definition) is 4. The minimum absolute atomic E-state index is 0.0574. The Hall–Kier alpha value is -3.35. The first-order valence-electron chi connectivity index (χ1n) is 11.7. The van der Waals surface area contributed by atoms with Crippen molar-refractivity contribution < 1.29 is 17.3 Å². The summed E-state index contributed by atoms with van der Waals surface area (Å²) in [6.07, 6.45) is 0.486. The average Bonchev–Trinajstić information content (AvgIpc) is 2.87. The Morgan fingerprint density at radius 2 is 1.49 bits per heavy atom. The second kappa shape index (κ2) is 11.4. The first-order valence-corrected chi connectivity index (χ1v) is 13.1. The van der Waals surface area contributed by atoms with Gasteiger partial charge < -0.3 is 4.74 Å². The van der Waals surface area contributed by atoms with E-state index in [0.717, 1.165) is 33.5 Å². The van der Waals surface area contributed by atoms with Crippen LogP contribution in [0.5, 0.6) is 5.75 Å². The third-order valence-electron chi connectivity index (χ3n) is 5.93. The van der Waals surface area contributed by atoms with Crippen LogP contribution in [0.2, 0.25) is 0 Å². The normalized spacial score (nSPS) is 12.3. The minimum atomic E-state index is -3.83. The molecule has 0 saturated heterocycles. The van der Waals surface area contributed by atoms with Gasteiger partial charge in [-0.25, -0.2) is 0 Å². The van der Waals surface area contributed by atoms with E-state index >= 15 is 0 Å². The predicted octanol–water partition coefficient (Wildman–Crippen LogP) is 4.76. The van der Waals surface area contributed by atoms with Gasteiger partial charge in [0.05, 0.1) is 11.5 Å². The Bertz CT molecular complexity index is 1340. The van der Waals surface area contributed by atoms with E-state index in [0.29, 0.717) is 13.0 Å². The smallest absolute Gasteiger partial charge is 0.296 e. The summed E-state index contributed by atoms with van der Waals surface area (Å²) in [4.78, 5) is 0.168. The van der Waals surface area contributed by atoms with Gasteiger partial charge in [0, 0.05) is 11.5 Å². The van der Waals surface area contributed by atoms with Crippen molar-refractivity contribution in [3.8, 4) is 5.75 Å². The quantitative estimate of drug-likeness (QED) is 0.241. The van der Waals surface area contributed by atoms with Gasteiger partial charge in [0.1, 0.15) is 20.2 Å². The van der Waals surface area contributed by atoms with Gasteiger partial charge >= 0.3 is 0 Å². The highest BCUT2D eigenvalue weighted by Gasteiger charge is 2.21. The minimum Gasteiger partial charge on any atom is -0.489 e. The van der Waals surface area contributed by atoms with Crippen molar-refractivity contribution in [2.75, 3.05) is 6.61 Å². The van der Waals surface area contributed by atoms with Gasteiger partial charge in [-0.05, 0) is 42.7 Å². The summed E-state index contributed by atoms with van der Waals surface area (Å²) in [5, 5.41) is 0. The average molecular weight is 484 g/mol. The number of ether oxygens (including phenoxy) is 1. The summed E-state index contributed by atoms with van der Waals surface area (Å²) >= 11 is 0. The molecule has 4 nitrogen and oxygen atoms in total. The SMILES string of the molecule is Bc1ccc(OCc2ccccc2)c(C(CCOS(=O)(=O)c2ccc(C)cc2)c2ccccc2)c1. The van der Waals surface area contributed by atoms with Gasteiger partial charge in [-0.15, -0.1) is 0 Å². The molecule has 0 aliphatic carbocycles. The molecule has 178 valence electrons. The third kappa shape index (κ3) is 6.62. The summed E-state index contributed by atoms with van der Waals surface area (Å²) in [7, 11) is -1.79. The van der Waals surface area contributed by atoms with E-state index in [1.165, 1.54) is 0 Å². The van der Waals surface area contributed by atoms with E-state index in [1.807, 2.05) is 75.4 Å². The van der Waals surface area contributed by atoms with Gasteiger partial charge in [0.25, 0.3) is 10.1 Å². The Morgan fingerprint density at radius 1 is 0.829 bits per heavy atom. The Balaban J connectivity index is 1.57. The van der Waals surface area contributed by atoms with Crippen LogP contribution in [-0.2, 0) is 20.9 Å². The summed E-state index contributed by atoms with van der Waals surface area (Å²) < 4.78 is 37.2. The fourth-order valence-corrected chi connectivity index (χ4v) is 4.96. The van der Waals surface area contributed by atoms with Crippen LogP contribution in [0.3, 0.4) is 0 Å². The molecule has 1 unspecified atom stereocenters. The largest absolute Gasteiger partial charge is 0.489 e. The molecule has 0 N–H and O–H groups in total. The van der Waals surface area contributed by atoms with E-state index in [-0.39, 0.29) is 17.4 Å². The zero-order chi connectivity index (χ0) is 24.7. The maximum absolute atomic E-state index is 12.7. The van der Waals surface area contributed by atoms with Crippen LogP contribution in [0.1, 0.15) is 34.6 Å². The fourth-order valence-electron chi connectivity index (χ4n) is 4.04. The molecular formula is C29H29BO4S. The molecule has 6 heteroatoms. The van der Waals surface area contributed by atoms with Gasteiger partial charge in [-0.1, -0.05) is 96.0 Å². The molecule has 0 bridgehead atoms. The van der Waals surface area contributed by atoms with Crippen molar-refractivity contribution in [2.45, 2.75) is 30.8 Å². The molecule has 0 aliphatic rings. The highest BCUT2D eigenvalue weighted by atomic mass is 32.2. The molecule has 0 radical (unpaired) electrons. The van der Waals surface area contributed by atoms with Crippen LogP contribution in [0, 0.1) is 6.92 Å². The lowest BCUT2D eigenvalue weighted by atomic mass is 9.84. The van der Waals surface area contributed by atoms with E-state index in [4.69, 9.17) is 8.92 Å². The van der Waals surface area contributed by atoms with Crippen molar-refractivity contribution in [1.29, 1.82) is 0 Å². The van der Waals surface area contributed by atoms with Gasteiger partial charge in [-0.3, -0.25) is 4.18 Å². The molecule has 0 saturated carbocycles.